The van der Waals surface area contributed by atoms with Crippen LogP contribution in [0.15, 0.2) is 133 Å². The Labute approximate surface area is 316 Å². The fourth-order valence-corrected chi connectivity index (χ4v) is 12.4. The number of rotatable bonds is 6. The first-order chi connectivity index (χ1) is 22.0. The van der Waals surface area contributed by atoms with E-state index < -0.39 is 8.07 Å². The maximum absolute atomic E-state index is 2.62. The van der Waals surface area contributed by atoms with E-state index in [4.69, 9.17) is 0 Å². The summed E-state index contributed by atoms with van der Waals surface area (Å²) in [5, 5.41) is 14.1. The summed E-state index contributed by atoms with van der Waals surface area (Å²) >= 11 is 0. The van der Waals surface area contributed by atoms with Crippen LogP contribution in [-0.4, -0.2) is 8.07 Å². The van der Waals surface area contributed by atoms with E-state index in [9.17, 15) is 0 Å². The minimum Gasteiger partial charge on any atom is -1.00 e. The molecular formula is C44H38Cl2SiZr. The molecule has 4 heteroatoms. The number of hydrogen-bond donors (Lipinski definition) is 0. The van der Waals surface area contributed by atoms with Crippen LogP contribution < -0.4 is 35.2 Å². The minimum absolute atomic E-state index is 0. The Kier molecular flexibility index (Phi) is 10.7. The number of hydrogen-bond acceptors (Lipinski definition) is 0. The van der Waals surface area contributed by atoms with E-state index >= 15 is 0 Å². The van der Waals surface area contributed by atoms with Crippen molar-refractivity contribution >= 4 is 61.5 Å². The van der Waals surface area contributed by atoms with Crippen molar-refractivity contribution in [3.05, 3.63) is 145 Å². The third kappa shape index (κ3) is 5.66. The molecule has 0 spiro atoms. The third-order valence-electron chi connectivity index (χ3n) is 10.2. The van der Waals surface area contributed by atoms with Crippen molar-refractivity contribution in [3.8, 4) is 22.3 Å². The molecule has 0 aliphatic carbocycles. The summed E-state index contributed by atoms with van der Waals surface area (Å²) in [6.45, 7) is 9.92. The topological polar surface area (TPSA) is 0 Å². The number of halogens is 2. The van der Waals surface area contributed by atoms with Gasteiger partial charge in [-0.1, -0.05) is 135 Å². The molecule has 0 saturated carbocycles. The summed E-state index contributed by atoms with van der Waals surface area (Å²) in [5.41, 5.74) is 8.40. The van der Waals surface area contributed by atoms with Gasteiger partial charge in [0.05, 0.1) is 0 Å². The Balaban J connectivity index is 0.00000150. The van der Waals surface area contributed by atoms with E-state index in [2.05, 4.69) is 160 Å². The molecule has 0 heterocycles. The first-order valence-corrected chi connectivity index (χ1v) is 19.4. The number of aryl methyl sites for hydroxylation is 2. The molecule has 0 amide bonds. The molecule has 236 valence electrons. The van der Waals surface area contributed by atoms with Crippen LogP contribution in [0, 0.1) is 0 Å². The van der Waals surface area contributed by atoms with Gasteiger partial charge in [-0.15, -0.1) is 69.1 Å². The monoisotopic (exact) mass is 754 g/mol. The molecule has 8 aromatic rings. The van der Waals surface area contributed by atoms with Crippen molar-refractivity contribution in [2.45, 2.75) is 39.8 Å². The van der Waals surface area contributed by atoms with E-state index in [1.807, 2.05) is 0 Å². The van der Waals surface area contributed by atoms with Gasteiger partial charge in [-0.25, -0.2) is 0 Å². The summed E-state index contributed by atoms with van der Waals surface area (Å²) < 4.78 is 0. The molecule has 0 bridgehead atoms. The zero-order valence-corrected chi connectivity index (χ0v) is 32.8. The van der Waals surface area contributed by atoms with Crippen molar-refractivity contribution in [1.82, 2.24) is 0 Å². The Hall–Kier alpha value is -3.26. The third-order valence-corrected chi connectivity index (χ3v) is 13.8. The summed E-state index contributed by atoms with van der Waals surface area (Å²) in [4.78, 5) is 0. The van der Waals surface area contributed by atoms with Gasteiger partial charge in [0.25, 0.3) is 0 Å². The van der Waals surface area contributed by atoms with Gasteiger partial charge < -0.3 is 24.8 Å². The van der Waals surface area contributed by atoms with Gasteiger partial charge in [0.2, 0.25) is 0 Å². The van der Waals surface area contributed by atoms with Gasteiger partial charge >= 0.3 is 26.2 Å². The second kappa shape index (κ2) is 14.3. The average Bonchev–Trinajstić information content (AvgIpc) is 3.67. The standard InChI is InChI=1S/C44H38Si.2ClH.Zr/c1-5-29-27-33-19-13-25-39(37-23-11-17-31-15-7-9-21-35(31)37)41(33)43(29)45(3,4)44-30(6-2)28-34-20-14-26-40(42(34)44)38-24-12-18-32-16-8-10-22-36(32)38;;;/h7-28H,5-6H2,1-4H3;2*1H;/q-2;;;+4/p-2. The second-order valence-corrected chi connectivity index (χ2v) is 17.3. The zero-order chi connectivity index (χ0) is 30.7. The summed E-state index contributed by atoms with van der Waals surface area (Å²) in [7, 11) is -2.27. The Morgan fingerprint density at radius 1 is 0.458 bits per heavy atom. The Morgan fingerprint density at radius 3 is 1.23 bits per heavy atom. The predicted molar refractivity (Wildman–Crippen MR) is 200 cm³/mol. The number of fused-ring (bicyclic) bond motifs is 4. The quantitative estimate of drug-likeness (QED) is 0.165. The molecule has 0 radical (unpaired) electrons. The van der Waals surface area contributed by atoms with Crippen LogP contribution in [-0.2, 0) is 39.0 Å². The van der Waals surface area contributed by atoms with Gasteiger partial charge in [-0.2, -0.15) is 10.4 Å². The first-order valence-electron chi connectivity index (χ1n) is 16.4. The molecule has 0 aliphatic rings. The molecule has 0 unspecified atom stereocenters. The zero-order valence-electron chi connectivity index (χ0n) is 27.9. The summed E-state index contributed by atoms with van der Waals surface area (Å²) in [5.74, 6) is 0. The van der Waals surface area contributed by atoms with Gasteiger partial charge in [0.1, 0.15) is 0 Å². The van der Waals surface area contributed by atoms with Gasteiger partial charge in [0, 0.05) is 8.07 Å². The van der Waals surface area contributed by atoms with Crippen molar-refractivity contribution in [3.63, 3.8) is 0 Å². The minimum atomic E-state index is -2.27. The van der Waals surface area contributed by atoms with Crippen LogP contribution in [0.5, 0.6) is 0 Å². The summed E-state index contributed by atoms with van der Waals surface area (Å²) in [6, 6.07) is 50.1. The molecule has 0 nitrogen and oxygen atoms in total. The molecule has 48 heavy (non-hydrogen) atoms. The van der Waals surface area contributed by atoms with Gasteiger partial charge in [0.15, 0.2) is 0 Å². The molecule has 0 atom stereocenters. The van der Waals surface area contributed by atoms with E-state index in [0.29, 0.717) is 0 Å². The van der Waals surface area contributed by atoms with Crippen LogP contribution >= 0.6 is 0 Å². The molecule has 0 aromatic heterocycles. The Morgan fingerprint density at radius 2 is 0.812 bits per heavy atom. The first kappa shape index (κ1) is 36.0. The van der Waals surface area contributed by atoms with E-state index in [0.717, 1.165) is 12.8 Å². The van der Waals surface area contributed by atoms with Crippen LogP contribution in [0.3, 0.4) is 0 Å². The van der Waals surface area contributed by atoms with Crippen molar-refractivity contribution < 1.29 is 51.0 Å². The SMILES string of the molecule is CCc1[cH-]c2cccc(-c3cccc4ccccc34)c2c1[Si](C)(C)c1c(CC)[cH-]c2cccc(-c3cccc4ccccc34)c12.[Cl-].[Cl-].[Zr+4]. The molecule has 8 rings (SSSR count). The van der Waals surface area contributed by atoms with Gasteiger partial charge in [-0.05, 0) is 45.5 Å². The van der Waals surface area contributed by atoms with E-state index in [1.165, 1.54) is 76.5 Å². The smallest absolute Gasteiger partial charge is 1.00 e. The summed E-state index contributed by atoms with van der Waals surface area (Å²) in [6.07, 6.45) is 2.07. The largest absolute Gasteiger partial charge is 4.00 e. The maximum Gasteiger partial charge on any atom is 4.00 e. The molecule has 0 aliphatic heterocycles. The second-order valence-electron chi connectivity index (χ2n) is 13.0. The van der Waals surface area contributed by atoms with Gasteiger partial charge in [-0.3, -0.25) is 0 Å². The molecule has 8 aromatic carbocycles. The predicted octanol–water partition coefficient (Wildman–Crippen LogP) is 5.02. The number of benzene rings is 6. The van der Waals surface area contributed by atoms with Crippen LogP contribution in [0.2, 0.25) is 13.1 Å². The molecule has 0 N–H and O–H groups in total. The normalized spacial score (nSPS) is 11.4. The van der Waals surface area contributed by atoms with Crippen molar-refractivity contribution in [2.75, 3.05) is 0 Å². The fraction of sp³-hybridized carbons (Fsp3) is 0.136. The maximum atomic E-state index is 2.62. The van der Waals surface area contributed by atoms with Crippen LogP contribution in [0.1, 0.15) is 25.0 Å². The molecular weight excluding hydrogens is 719 g/mol. The molecule has 0 saturated heterocycles. The van der Waals surface area contributed by atoms with Crippen LogP contribution in [0.4, 0.5) is 0 Å². The van der Waals surface area contributed by atoms with Crippen LogP contribution in [0.25, 0.3) is 65.3 Å². The van der Waals surface area contributed by atoms with Crippen molar-refractivity contribution in [2.24, 2.45) is 0 Å². The Bertz CT molecular complexity index is 2220. The molecule has 0 fully saturated rings. The van der Waals surface area contributed by atoms with Crippen molar-refractivity contribution in [1.29, 1.82) is 0 Å². The van der Waals surface area contributed by atoms with E-state index in [1.54, 1.807) is 10.4 Å². The van der Waals surface area contributed by atoms with E-state index in [-0.39, 0.29) is 51.0 Å². The fourth-order valence-electron chi connectivity index (χ4n) is 8.26. The average molecular weight is 757 g/mol.